The normalized spacial score (nSPS) is 19.8. The fraction of sp³-hybridized carbons (Fsp3) is 0.429. The van der Waals surface area contributed by atoms with Crippen molar-refractivity contribution in [1.82, 2.24) is 9.97 Å². The molecular formula is C14H18N2. The van der Waals surface area contributed by atoms with E-state index < -0.39 is 0 Å². The van der Waals surface area contributed by atoms with Crippen molar-refractivity contribution in [2.75, 3.05) is 0 Å². The van der Waals surface area contributed by atoms with Gasteiger partial charge in [-0.05, 0) is 37.1 Å². The average Bonchev–Trinajstić information content (AvgIpc) is 3.04. The molecule has 0 atom stereocenters. The van der Waals surface area contributed by atoms with Crippen LogP contribution < -0.4 is 0 Å². The summed E-state index contributed by atoms with van der Waals surface area (Å²) in [5.41, 5.74) is 2.95. The Kier molecular flexibility index (Phi) is 2.35. The Morgan fingerprint density at radius 1 is 0.812 bits per heavy atom. The third-order valence-corrected chi connectivity index (χ3v) is 3.93. The lowest BCUT2D eigenvalue weighted by Gasteiger charge is -2.36. The van der Waals surface area contributed by atoms with Crippen molar-refractivity contribution in [2.45, 2.75) is 37.5 Å². The van der Waals surface area contributed by atoms with Gasteiger partial charge in [-0.1, -0.05) is 19.3 Å². The Morgan fingerprint density at radius 2 is 1.38 bits per heavy atom. The van der Waals surface area contributed by atoms with Gasteiger partial charge in [0.2, 0.25) is 0 Å². The molecular weight excluding hydrogens is 196 g/mol. The van der Waals surface area contributed by atoms with E-state index in [0.717, 1.165) is 0 Å². The summed E-state index contributed by atoms with van der Waals surface area (Å²) < 4.78 is 0. The summed E-state index contributed by atoms with van der Waals surface area (Å²) in [6, 6.07) is 8.67. The standard InChI is InChI=1S/C14H18N2/c1-2-8-14(9-3-1,12-6-4-10-15-12)13-7-5-11-16-13/h4-7,10-11,15-16H,1-3,8-9H2. The summed E-state index contributed by atoms with van der Waals surface area (Å²) in [6.45, 7) is 0. The van der Waals surface area contributed by atoms with Crippen LogP contribution in [0.3, 0.4) is 0 Å². The third-order valence-electron chi connectivity index (χ3n) is 3.93. The molecule has 2 nitrogen and oxygen atoms in total. The largest absolute Gasteiger partial charge is 0.364 e. The van der Waals surface area contributed by atoms with E-state index in [1.54, 1.807) is 0 Å². The Morgan fingerprint density at radius 3 is 1.81 bits per heavy atom. The Labute approximate surface area is 96.1 Å². The summed E-state index contributed by atoms with van der Waals surface area (Å²) in [4.78, 5) is 6.83. The molecule has 2 aromatic rings. The van der Waals surface area contributed by atoms with Gasteiger partial charge in [0.15, 0.2) is 0 Å². The summed E-state index contributed by atoms with van der Waals surface area (Å²) in [5.74, 6) is 0. The predicted molar refractivity (Wildman–Crippen MR) is 65.5 cm³/mol. The lowest BCUT2D eigenvalue weighted by atomic mass is 9.69. The molecule has 1 fully saturated rings. The number of hydrogen-bond acceptors (Lipinski definition) is 0. The zero-order valence-corrected chi connectivity index (χ0v) is 9.50. The lowest BCUT2D eigenvalue weighted by Crippen LogP contribution is -2.31. The van der Waals surface area contributed by atoms with Crippen molar-refractivity contribution in [3.05, 3.63) is 48.0 Å². The van der Waals surface area contributed by atoms with E-state index in [9.17, 15) is 0 Å². The van der Waals surface area contributed by atoms with E-state index in [-0.39, 0.29) is 5.41 Å². The van der Waals surface area contributed by atoms with Crippen LogP contribution in [0.2, 0.25) is 0 Å². The second kappa shape index (κ2) is 3.85. The molecule has 2 heterocycles. The highest BCUT2D eigenvalue weighted by Gasteiger charge is 2.37. The van der Waals surface area contributed by atoms with Crippen LogP contribution in [0.4, 0.5) is 0 Å². The van der Waals surface area contributed by atoms with Gasteiger partial charge in [0.1, 0.15) is 0 Å². The molecule has 0 bridgehead atoms. The fourth-order valence-electron chi connectivity index (χ4n) is 3.10. The summed E-state index contributed by atoms with van der Waals surface area (Å²) in [6.07, 6.45) is 10.6. The van der Waals surface area contributed by atoms with Gasteiger partial charge in [0.05, 0.1) is 5.41 Å². The van der Waals surface area contributed by atoms with Gasteiger partial charge in [0, 0.05) is 23.8 Å². The molecule has 3 rings (SSSR count). The molecule has 0 aromatic carbocycles. The molecule has 1 saturated carbocycles. The van der Waals surface area contributed by atoms with Crippen molar-refractivity contribution < 1.29 is 0 Å². The number of nitrogens with one attached hydrogen (secondary N) is 2. The maximum Gasteiger partial charge on any atom is 0.0503 e. The van der Waals surface area contributed by atoms with Gasteiger partial charge < -0.3 is 9.97 Å². The zero-order valence-electron chi connectivity index (χ0n) is 9.50. The SMILES string of the molecule is c1c[nH]c(C2(c3ccc[nH]3)CCCCC2)c1. The minimum absolute atomic E-state index is 0.214. The maximum absolute atomic E-state index is 3.42. The minimum atomic E-state index is 0.214. The highest BCUT2D eigenvalue weighted by atomic mass is 14.8. The van der Waals surface area contributed by atoms with Crippen LogP contribution in [-0.4, -0.2) is 9.97 Å². The Balaban J connectivity index is 2.07. The summed E-state index contributed by atoms with van der Waals surface area (Å²) >= 11 is 0. The van der Waals surface area contributed by atoms with E-state index in [4.69, 9.17) is 0 Å². The number of H-pyrrole nitrogens is 2. The van der Waals surface area contributed by atoms with Crippen LogP contribution in [0, 0.1) is 0 Å². The first-order valence-electron chi connectivity index (χ1n) is 6.20. The molecule has 2 aromatic heterocycles. The number of aromatic nitrogens is 2. The van der Waals surface area contributed by atoms with Crippen LogP contribution in [0.25, 0.3) is 0 Å². The zero-order chi connectivity index (χ0) is 10.8. The summed E-state index contributed by atoms with van der Waals surface area (Å²) in [5, 5.41) is 0. The van der Waals surface area contributed by atoms with Gasteiger partial charge in [-0.2, -0.15) is 0 Å². The van der Waals surface area contributed by atoms with E-state index in [2.05, 4.69) is 34.2 Å². The van der Waals surface area contributed by atoms with Gasteiger partial charge in [-0.25, -0.2) is 0 Å². The minimum Gasteiger partial charge on any atom is -0.364 e. The highest BCUT2D eigenvalue weighted by molar-refractivity contribution is 5.32. The molecule has 84 valence electrons. The third kappa shape index (κ3) is 1.41. The van der Waals surface area contributed by atoms with E-state index in [0.29, 0.717) is 0 Å². The molecule has 0 spiro atoms. The fourth-order valence-corrected chi connectivity index (χ4v) is 3.10. The quantitative estimate of drug-likeness (QED) is 0.765. The molecule has 0 amide bonds. The molecule has 2 N–H and O–H groups in total. The first-order chi connectivity index (χ1) is 7.92. The number of rotatable bonds is 2. The van der Waals surface area contributed by atoms with Crippen LogP contribution in [0.15, 0.2) is 36.7 Å². The van der Waals surface area contributed by atoms with E-state index in [1.807, 2.05) is 12.4 Å². The summed E-state index contributed by atoms with van der Waals surface area (Å²) in [7, 11) is 0. The van der Waals surface area contributed by atoms with Crippen molar-refractivity contribution in [3.63, 3.8) is 0 Å². The number of hydrogen-bond donors (Lipinski definition) is 2. The molecule has 0 aliphatic heterocycles. The topological polar surface area (TPSA) is 31.6 Å². The van der Waals surface area contributed by atoms with Gasteiger partial charge in [-0.15, -0.1) is 0 Å². The smallest absolute Gasteiger partial charge is 0.0503 e. The van der Waals surface area contributed by atoms with Gasteiger partial charge in [-0.3, -0.25) is 0 Å². The molecule has 0 unspecified atom stereocenters. The predicted octanol–water partition coefficient (Wildman–Crippen LogP) is 3.59. The van der Waals surface area contributed by atoms with Gasteiger partial charge >= 0.3 is 0 Å². The van der Waals surface area contributed by atoms with Gasteiger partial charge in [0.25, 0.3) is 0 Å². The molecule has 1 aliphatic carbocycles. The van der Waals surface area contributed by atoms with Crippen LogP contribution >= 0.6 is 0 Å². The molecule has 0 radical (unpaired) electrons. The van der Waals surface area contributed by atoms with E-state index >= 15 is 0 Å². The Bertz CT molecular complexity index is 383. The molecule has 2 heteroatoms. The van der Waals surface area contributed by atoms with E-state index in [1.165, 1.54) is 43.5 Å². The molecule has 16 heavy (non-hydrogen) atoms. The maximum atomic E-state index is 3.42. The first-order valence-corrected chi connectivity index (χ1v) is 6.20. The van der Waals surface area contributed by atoms with Crippen molar-refractivity contribution in [1.29, 1.82) is 0 Å². The Hall–Kier alpha value is -1.44. The second-order valence-corrected chi connectivity index (χ2v) is 4.81. The van der Waals surface area contributed by atoms with Crippen LogP contribution in [0.5, 0.6) is 0 Å². The molecule has 1 aliphatic rings. The number of aromatic amines is 2. The average molecular weight is 214 g/mol. The second-order valence-electron chi connectivity index (χ2n) is 4.81. The first kappa shape index (κ1) is 9.76. The van der Waals surface area contributed by atoms with Crippen LogP contribution in [-0.2, 0) is 5.41 Å². The van der Waals surface area contributed by atoms with Crippen molar-refractivity contribution in [3.8, 4) is 0 Å². The van der Waals surface area contributed by atoms with Crippen LogP contribution in [0.1, 0.15) is 43.5 Å². The van der Waals surface area contributed by atoms with Crippen molar-refractivity contribution >= 4 is 0 Å². The highest BCUT2D eigenvalue weighted by Crippen LogP contribution is 2.43. The molecule has 0 saturated heterocycles. The van der Waals surface area contributed by atoms with Crippen molar-refractivity contribution in [2.24, 2.45) is 0 Å². The lowest BCUT2D eigenvalue weighted by molar-refractivity contribution is 0.333. The monoisotopic (exact) mass is 214 g/mol.